The molecule has 0 atom stereocenters. The number of quaternary nitrogens is 1. The fourth-order valence-corrected chi connectivity index (χ4v) is 0. The highest BCUT2D eigenvalue weighted by Gasteiger charge is 1.88. The zero-order valence-electron chi connectivity index (χ0n) is 19.8. The second kappa shape index (κ2) is 1640. The van der Waals surface area contributed by atoms with E-state index in [0.29, 0.717) is 0 Å². The van der Waals surface area contributed by atoms with Crippen molar-refractivity contribution in [1.82, 2.24) is 0 Å². The largest absolute Gasteiger partial charge is 1.00 e. The van der Waals surface area contributed by atoms with E-state index in [1.165, 1.54) is 0 Å². The lowest BCUT2D eigenvalue weighted by molar-refractivity contribution is -0.849. The first-order chi connectivity index (χ1) is 2.00. The summed E-state index contributed by atoms with van der Waals surface area (Å²) in [6, 6.07) is 0. The Kier molecular flexibility index (Phi) is 247000. The first-order valence-electron chi connectivity index (χ1n) is 1.79. The lowest BCUT2D eigenvalue weighted by Crippen LogP contribution is -3.00. The van der Waals surface area contributed by atoms with Gasteiger partial charge >= 0.3 is 0 Å². The van der Waals surface area contributed by atoms with Crippen LogP contribution < -0.4 is 4.70 Å². The SMILES string of the molecule is C[N+](C)(C)C.O.O.O.O.O.O.O.O.O.O.O.O.O.O.O.O.O.O.O.O.O.O.O.O.O.O.O.O.O.O.[F-]. The topological polar surface area (TPSA) is 945 Å². The Morgan fingerprint density at radius 3 is 0.167 bits per heavy atom. The molecule has 0 saturated carbocycles. The second-order valence-corrected chi connectivity index (χ2v) is 2.68. The molecule has 0 bridgehead atoms. The van der Waals surface area contributed by atoms with Gasteiger partial charge in [0.15, 0.2) is 0 Å². The monoisotopic (exact) mass is 633 g/mol. The van der Waals surface area contributed by atoms with Crippen molar-refractivity contribution in [2.24, 2.45) is 0 Å². The van der Waals surface area contributed by atoms with Crippen LogP contribution in [0.2, 0.25) is 0 Å². The molecule has 0 unspecified atom stereocenters. The fraction of sp³-hybridized carbons (Fsp3) is 1.00. The maximum Gasteiger partial charge on any atom is 0.0675 e. The third kappa shape index (κ3) is 19100. The van der Waals surface area contributed by atoms with Crippen LogP contribution in [0.4, 0.5) is 0 Å². The summed E-state index contributed by atoms with van der Waals surface area (Å²) in [5.41, 5.74) is 0. The lowest BCUT2D eigenvalue weighted by atomic mass is 10.8. The summed E-state index contributed by atoms with van der Waals surface area (Å²) in [7, 11) is 8.50. The first-order valence-corrected chi connectivity index (χ1v) is 1.79. The van der Waals surface area contributed by atoms with Crippen LogP contribution in [0, 0.1) is 0 Å². The van der Waals surface area contributed by atoms with E-state index < -0.39 is 0 Å². The van der Waals surface area contributed by atoms with Crippen molar-refractivity contribution in [1.29, 1.82) is 0 Å². The van der Waals surface area contributed by atoms with Gasteiger partial charge in [-0.25, -0.2) is 0 Å². The molecule has 0 rings (SSSR count). The molecule has 0 aliphatic heterocycles. The van der Waals surface area contributed by atoms with Gasteiger partial charge in [-0.05, 0) is 0 Å². The van der Waals surface area contributed by atoms with Crippen LogP contribution in [0.15, 0.2) is 0 Å². The fourth-order valence-electron chi connectivity index (χ4n) is 0. The van der Waals surface area contributed by atoms with E-state index in [0.717, 1.165) is 4.48 Å². The summed E-state index contributed by atoms with van der Waals surface area (Å²) in [4.78, 5) is 0. The van der Waals surface area contributed by atoms with Crippen molar-refractivity contribution >= 4 is 0 Å². The third-order valence-electron chi connectivity index (χ3n) is 0. The Morgan fingerprint density at radius 1 is 0.167 bits per heavy atom. The number of halogens is 1. The predicted molar refractivity (Wildman–Crippen MR) is 132 cm³/mol. The van der Waals surface area contributed by atoms with Gasteiger partial charge in [-0.2, -0.15) is 0 Å². The molecule has 280 valence electrons. The smallest absolute Gasteiger partial charge is 0.0675 e. The van der Waals surface area contributed by atoms with E-state index in [1.54, 1.807) is 0 Å². The molecule has 0 fully saturated rings. The maximum atomic E-state index is 2.12. The highest BCUT2D eigenvalue weighted by Crippen LogP contribution is 1.73. The Bertz CT molecular complexity index is 46.4. The van der Waals surface area contributed by atoms with Gasteiger partial charge in [0.1, 0.15) is 0 Å². The zero-order chi connectivity index (χ0) is 4.50. The quantitative estimate of drug-likeness (QED) is 0.224. The third-order valence-corrected chi connectivity index (χ3v) is 0. The van der Waals surface area contributed by atoms with Crippen LogP contribution in [0.25, 0.3) is 0 Å². The zero-order valence-corrected chi connectivity index (χ0v) is 19.8. The lowest BCUT2D eigenvalue weighted by Gasteiger charge is -2.14. The van der Waals surface area contributed by atoms with Crippen LogP contribution in [-0.2, 0) is 0 Å². The number of hydrogen-bond acceptors (Lipinski definition) is 0. The van der Waals surface area contributed by atoms with E-state index in [9.17, 15) is 0 Å². The van der Waals surface area contributed by atoms with Gasteiger partial charge in [-0.1, -0.05) is 0 Å². The summed E-state index contributed by atoms with van der Waals surface area (Å²) >= 11 is 0. The molecular weight excluding hydrogens is 561 g/mol. The Balaban J connectivity index is -0.000000000172. The van der Waals surface area contributed by atoms with Crippen molar-refractivity contribution < 1.29 is 173 Å². The highest BCUT2D eigenvalue weighted by atomic mass is 19.0. The van der Waals surface area contributed by atoms with Crippen LogP contribution in [0.5, 0.6) is 0 Å². The van der Waals surface area contributed by atoms with Gasteiger partial charge in [0, 0.05) is 0 Å². The molecule has 60 N–H and O–H groups in total. The van der Waals surface area contributed by atoms with E-state index in [4.69, 9.17) is 0 Å². The van der Waals surface area contributed by atoms with E-state index in [1.807, 2.05) is 0 Å². The standard InChI is InChI=1S/C4H12N.FH.30H2O/c1-5(2,3)4;;;;;;;;;;;;;;;;;;;;;;;;;;;;;;;/h1-4H3;1H;30*1H2/q+1;;;;;;;;;;;;;;;;;;;;;;;;;;;;;;;/p-1. The minimum atomic E-state index is 0. The average Bonchev–Trinajstić information content (AvgIpc) is 0.722. The molecule has 0 amide bonds. The van der Waals surface area contributed by atoms with Gasteiger partial charge in [-0.15, -0.1) is 0 Å². The molecule has 0 aliphatic rings. The summed E-state index contributed by atoms with van der Waals surface area (Å²) in [5, 5.41) is 0. The van der Waals surface area contributed by atoms with E-state index >= 15 is 0 Å². The van der Waals surface area contributed by atoms with Crippen LogP contribution >= 0.6 is 0 Å². The number of hydrogen-bond donors (Lipinski definition) is 0. The van der Waals surface area contributed by atoms with Gasteiger partial charge in [-0.3, -0.25) is 0 Å². The van der Waals surface area contributed by atoms with E-state index in [2.05, 4.69) is 28.2 Å². The molecule has 0 aliphatic carbocycles. The normalized spacial score (nSPS) is 1.67. The van der Waals surface area contributed by atoms with Crippen LogP contribution in [-0.4, -0.2) is 197 Å². The van der Waals surface area contributed by atoms with E-state index in [-0.39, 0.29) is 169 Å². The van der Waals surface area contributed by atoms with Crippen LogP contribution in [0.3, 0.4) is 0 Å². The van der Waals surface area contributed by atoms with Crippen molar-refractivity contribution in [3.05, 3.63) is 0 Å². The molecular formula is C4H72FNO30. The summed E-state index contributed by atoms with van der Waals surface area (Å²) < 4.78 is 1.00. The molecule has 36 heavy (non-hydrogen) atoms. The molecule has 0 aromatic heterocycles. The predicted octanol–water partition coefficient (Wildman–Crippen LogP) is -27.4. The van der Waals surface area contributed by atoms with Crippen molar-refractivity contribution in [3.63, 3.8) is 0 Å². The van der Waals surface area contributed by atoms with Crippen molar-refractivity contribution in [2.45, 2.75) is 0 Å². The van der Waals surface area contributed by atoms with Gasteiger partial charge < -0.3 is 173 Å². The molecule has 32 heteroatoms. The number of nitrogens with zero attached hydrogens (tertiary/aromatic N) is 1. The van der Waals surface area contributed by atoms with Gasteiger partial charge in [0.2, 0.25) is 0 Å². The highest BCUT2D eigenvalue weighted by molar-refractivity contribution is 3.87. The molecule has 0 saturated heterocycles. The Morgan fingerprint density at radius 2 is 0.167 bits per heavy atom. The van der Waals surface area contributed by atoms with Crippen molar-refractivity contribution in [2.75, 3.05) is 28.2 Å². The van der Waals surface area contributed by atoms with Gasteiger partial charge in [0.05, 0.1) is 28.2 Å². The van der Waals surface area contributed by atoms with Crippen LogP contribution in [0.1, 0.15) is 0 Å². The Labute approximate surface area is 203 Å². The molecule has 0 spiro atoms. The summed E-state index contributed by atoms with van der Waals surface area (Å²) in [6.07, 6.45) is 0. The Hall–Kier alpha value is -1.31. The minimum Gasteiger partial charge on any atom is -1.00 e. The molecule has 31 nitrogen and oxygen atoms in total. The summed E-state index contributed by atoms with van der Waals surface area (Å²) in [6.45, 7) is 0. The molecule has 0 aromatic rings. The summed E-state index contributed by atoms with van der Waals surface area (Å²) in [5.74, 6) is 0. The molecule has 0 radical (unpaired) electrons. The first kappa shape index (κ1) is 5440. The number of rotatable bonds is 0. The average molecular weight is 634 g/mol. The molecule has 0 heterocycles. The molecule has 0 aromatic carbocycles. The maximum absolute atomic E-state index is 2.12. The second-order valence-electron chi connectivity index (χ2n) is 2.68. The van der Waals surface area contributed by atoms with Gasteiger partial charge in [0.25, 0.3) is 0 Å². The van der Waals surface area contributed by atoms with Crippen molar-refractivity contribution in [3.8, 4) is 0 Å². The minimum absolute atomic E-state index is 0.